The van der Waals surface area contributed by atoms with Crippen molar-refractivity contribution in [2.45, 2.75) is 0 Å². The molecule has 0 unspecified atom stereocenters. The van der Waals surface area contributed by atoms with E-state index in [1.807, 2.05) is 66.7 Å². The molecule has 3 aromatic heterocycles. The molecular formula is C21H12BrN3O2S. The molecule has 0 N–H and O–H groups in total. The van der Waals surface area contributed by atoms with Crippen LogP contribution < -0.4 is 10.1 Å². The molecule has 2 aromatic carbocycles. The third-order valence-corrected chi connectivity index (χ3v) is 5.68. The van der Waals surface area contributed by atoms with Gasteiger partial charge in [0.1, 0.15) is 16.1 Å². The Kier molecular flexibility index (Phi) is 4.18. The molecule has 3 heterocycles. The third-order valence-electron chi connectivity index (χ3n) is 4.22. The second-order valence-electron chi connectivity index (χ2n) is 6.12. The number of benzene rings is 2. The summed E-state index contributed by atoms with van der Waals surface area (Å²) in [5.41, 5.74) is 1.65. The van der Waals surface area contributed by atoms with Crippen molar-refractivity contribution in [1.29, 1.82) is 0 Å². The molecule has 0 bridgehead atoms. The lowest BCUT2D eigenvalue weighted by Crippen LogP contribution is -2.23. The molecule has 0 radical (unpaired) electrons. The van der Waals surface area contributed by atoms with E-state index in [2.05, 4.69) is 26.0 Å². The van der Waals surface area contributed by atoms with Crippen molar-refractivity contribution < 1.29 is 4.42 Å². The van der Waals surface area contributed by atoms with Crippen molar-refractivity contribution in [3.63, 3.8) is 0 Å². The standard InChI is InChI=1S/C21H12BrN3O2S/c22-15-8-4-7-14(11-15)17-10-9-16(27-17)12-18-20(26)25-21(28-18)23-19(24-25)13-5-2-1-3-6-13/h1-12H. The lowest BCUT2D eigenvalue weighted by Gasteiger charge is -1.96. The summed E-state index contributed by atoms with van der Waals surface area (Å²) in [6, 6.07) is 21.2. The van der Waals surface area contributed by atoms with Crippen LogP contribution >= 0.6 is 27.3 Å². The van der Waals surface area contributed by atoms with E-state index < -0.39 is 0 Å². The van der Waals surface area contributed by atoms with E-state index in [9.17, 15) is 4.79 Å². The van der Waals surface area contributed by atoms with Crippen molar-refractivity contribution in [1.82, 2.24) is 14.6 Å². The second-order valence-corrected chi connectivity index (χ2v) is 8.05. The van der Waals surface area contributed by atoms with Crippen LogP contribution in [0.25, 0.3) is 33.7 Å². The van der Waals surface area contributed by atoms with Gasteiger partial charge >= 0.3 is 0 Å². The van der Waals surface area contributed by atoms with E-state index in [-0.39, 0.29) is 5.56 Å². The largest absolute Gasteiger partial charge is 0.457 e. The number of halogens is 1. The van der Waals surface area contributed by atoms with Gasteiger partial charge in [0.05, 0.1) is 0 Å². The smallest absolute Gasteiger partial charge is 0.291 e. The third kappa shape index (κ3) is 3.08. The number of fused-ring (bicyclic) bond motifs is 1. The van der Waals surface area contributed by atoms with Gasteiger partial charge < -0.3 is 4.42 Å². The molecule has 0 saturated carbocycles. The lowest BCUT2D eigenvalue weighted by atomic mass is 10.2. The first-order valence-corrected chi connectivity index (χ1v) is 10.1. The fourth-order valence-corrected chi connectivity index (χ4v) is 4.19. The molecule has 5 nitrogen and oxygen atoms in total. The van der Waals surface area contributed by atoms with Crippen LogP contribution in [0.3, 0.4) is 0 Å². The van der Waals surface area contributed by atoms with Crippen LogP contribution in [0.2, 0.25) is 0 Å². The summed E-state index contributed by atoms with van der Waals surface area (Å²) in [7, 11) is 0. The highest BCUT2D eigenvalue weighted by molar-refractivity contribution is 9.10. The zero-order chi connectivity index (χ0) is 19.1. The topological polar surface area (TPSA) is 60.4 Å². The van der Waals surface area contributed by atoms with Crippen LogP contribution in [-0.2, 0) is 0 Å². The average Bonchev–Trinajstić information content (AvgIpc) is 3.41. The van der Waals surface area contributed by atoms with Gasteiger partial charge in [-0.25, -0.2) is 0 Å². The predicted molar refractivity (Wildman–Crippen MR) is 113 cm³/mol. The van der Waals surface area contributed by atoms with Gasteiger partial charge in [0.25, 0.3) is 5.56 Å². The first-order valence-electron chi connectivity index (χ1n) is 8.50. The van der Waals surface area contributed by atoms with E-state index >= 15 is 0 Å². The minimum Gasteiger partial charge on any atom is -0.457 e. The van der Waals surface area contributed by atoms with Crippen molar-refractivity contribution in [2.75, 3.05) is 0 Å². The molecule has 0 aliphatic heterocycles. The van der Waals surface area contributed by atoms with Crippen LogP contribution in [0.1, 0.15) is 5.76 Å². The zero-order valence-electron chi connectivity index (χ0n) is 14.4. The molecule has 0 aliphatic carbocycles. The van der Waals surface area contributed by atoms with Gasteiger partial charge in [-0.2, -0.15) is 9.50 Å². The normalized spacial score (nSPS) is 12.1. The van der Waals surface area contributed by atoms with Crippen LogP contribution in [-0.4, -0.2) is 14.6 Å². The van der Waals surface area contributed by atoms with E-state index in [4.69, 9.17) is 4.42 Å². The number of aromatic nitrogens is 3. The number of hydrogen-bond donors (Lipinski definition) is 0. The Hall–Kier alpha value is -3.03. The Morgan fingerprint density at radius 1 is 1.00 bits per heavy atom. The summed E-state index contributed by atoms with van der Waals surface area (Å²) in [6.45, 7) is 0. The van der Waals surface area contributed by atoms with Gasteiger partial charge in [0.2, 0.25) is 4.96 Å². The first kappa shape index (κ1) is 17.1. The molecule has 7 heteroatoms. The first-order chi connectivity index (χ1) is 13.7. The van der Waals surface area contributed by atoms with Gasteiger partial charge in [-0.3, -0.25) is 4.79 Å². The van der Waals surface area contributed by atoms with Gasteiger partial charge in [0, 0.05) is 21.7 Å². The van der Waals surface area contributed by atoms with Gasteiger partial charge in [0.15, 0.2) is 5.82 Å². The number of thiazole rings is 1. The Labute approximate surface area is 171 Å². The number of nitrogens with zero attached hydrogens (tertiary/aromatic N) is 3. The zero-order valence-corrected chi connectivity index (χ0v) is 16.8. The van der Waals surface area contributed by atoms with Crippen molar-refractivity contribution in [3.05, 3.63) is 91.8 Å². The maximum atomic E-state index is 12.7. The predicted octanol–water partition coefficient (Wildman–Crippen LogP) is 4.39. The quantitative estimate of drug-likeness (QED) is 0.409. The highest BCUT2D eigenvalue weighted by atomic mass is 79.9. The Morgan fingerprint density at radius 2 is 1.82 bits per heavy atom. The Balaban J connectivity index is 1.53. The molecule has 0 atom stereocenters. The molecule has 28 heavy (non-hydrogen) atoms. The molecule has 0 amide bonds. The van der Waals surface area contributed by atoms with Crippen LogP contribution in [0.5, 0.6) is 0 Å². The van der Waals surface area contributed by atoms with Gasteiger partial charge in [-0.1, -0.05) is 69.7 Å². The maximum Gasteiger partial charge on any atom is 0.291 e. The van der Waals surface area contributed by atoms with E-state index in [0.29, 0.717) is 21.1 Å². The minimum absolute atomic E-state index is 0.199. The van der Waals surface area contributed by atoms with Crippen molar-refractivity contribution in [3.8, 4) is 22.7 Å². The number of hydrogen-bond acceptors (Lipinski definition) is 5. The SMILES string of the molecule is O=c1c(=Cc2ccc(-c3cccc(Br)c3)o2)sc2nc(-c3ccccc3)nn12. The monoisotopic (exact) mass is 449 g/mol. The average molecular weight is 450 g/mol. The van der Waals surface area contributed by atoms with E-state index in [1.165, 1.54) is 15.9 Å². The minimum atomic E-state index is -0.199. The summed E-state index contributed by atoms with van der Waals surface area (Å²) in [4.78, 5) is 17.7. The molecule has 0 spiro atoms. The molecule has 5 rings (SSSR count). The highest BCUT2D eigenvalue weighted by Gasteiger charge is 2.12. The van der Waals surface area contributed by atoms with Gasteiger partial charge in [-0.05, 0) is 24.3 Å². The van der Waals surface area contributed by atoms with Crippen LogP contribution in [0.15, 0.2) is 80.4 Å². The summed E-state index contributed by atoms with van der Waals surface area (Å²) in [5.74, 6) is 1.90. The number of furan rings is 1. The lowest BCUT2D eigenvalue weighted by molar-refractivity contribution is 0.571. The van der Waals surface area contributed by atoms with E-state index in [0.717, 1.165) is 21.4 Å². The summed E-state index contributed by atoms with van der Waals surface area (Å²) in [5, 5.41) is 4.35. The molecule has 0 saturated heterocycles. The summed E-state index contributed by atoms with van der Waals surface area (Å²) < 4.78 is 8.75. The second kappa shape index (κ2) is 6.85. The molecule has 136 valence electrons. The van der Waals surface area contributed by atoms with E-state index in [1.54, 1.807) is 6.08 Å². The van der Waals surface area contributed by atoms with Crippen LogP contribution in [0.4, 0.5) is 0 Å². The maximum absolute atomic E-state index is 12.7. The summed E-state index contributed by atoms with van der Waals surface area (Å²) >= 11 is 4.76. The Morgan fingerprint density at radius 3 is 2.61 bits per heavy atom. The molecule has 0 aliphatic rings. The van der Waals surface area contributed by atoms with Crippen LogP contribution in [0, 0.1) is 0 Å². The van der Waals surface area contributed by atoms with Gasteiger partial charge in [-0.15, -0.1) is 5.10 Å². The van der Waals surface area contributed by atoms with Crippen molar-refractivity contribution >= 4 is 38.3 Å². The van der Waals surface area contributed by atoms with Crippen molar-refractivity contribution in [2.24, 2.45) is 0 Å². The fraction of sp³-hybridized carbons (Fsp3) is 0. The summed E-state index contributed by atoms with van der Waals surface area (Å²) in [6.07, 6.45) is 1.73. The molecule has 5 aromatic rings. The molecule has 0 fully saturated rings. The fourth-order valence-electron chi connectivity index (χ4n) is 2.90. The Bertz CT molecular complexity index is 1400. The highest BCUT2D eigenvalue weighted by Crippen LogP contribution is 2.25. The molecular weight excluding hydrogens is 438 g/mol. The number of rotatable bonds is 3.